The van der Waals surface area contributed by atoms with Gasteiger partial charge in [-0.3, -0.25) is 9.20 Å². The third-order valence-corrected chi connectivity index (χ3v) is 2.00. The summed E-state index contributed by atoms with van der Waals surface area (Å²) in [5, 5.41) is 0. The number of nitrogens with two attached hydrogens (primary N) is 1. The lowest BCUT2D eigenvalue weighted by Gasteiger charge is -1.98. The summed E-state index contributed by atoms with van der Waals surface area (Å²) < 4.78 is 26.3. The number of nitrogens with zero attached hydrogens (tertiary/aromatic N) is 2. The molecule has 0 fully saturated rings. The molecule has 0 saturated carbocycles. The number of rotatable bonds is 2. The molecule has 2 aromatic heterocycles. The van der Waals surface area contributed by atoms with Crippen LogP contribution >= 0.6 is 0 Å². The van der Waals surface area contributed by atoms with Gasteiger partial charge in [0, 0.05) is 6.20 Å². The van der Waals surface area contributed by atoms with Crippen LogP contribution in [0, 0.1) is 0 Å². The molecular formula is C9H7F2N3O. The van der Waals surface area contributed by atoms with Crippen LogP contribution in [0.25, 0.3) is 5.65 Å². The summed E-state index contributed by atoms with van der Waals surface area (Å²) in [6, 6.07) is 4.77. The number of hydrogen-bond donors (Lipinski definition) is 1. The van der Waals surface area contributed by atoms with Crippen molar-refractivity contribution in [2.75, 3.05) is 0 Å². The molecule has 0 radical (unpaired) electrons. The predicted octanol–water partition coefficient (Wildman–Crippen LogP) is 1.37. The number of imidazole rings is 1. The highest BCUT2D eigenvalue weighted by Crippen LogP contribution is 2.22. The maximum absolute atomic E-state index is 12.5. The second-order valence-corrected chi connectivity index (χ2v) is 2.94. The standard InChI is InChI=1S/C9H7F2N3O/c10-8(11)6-7(9(12)15)14-4-2-1-3-5(14)13-6/h1-4,8H,(H2,12,15). The number of carbonyl (C=O) groups is 1. The molecule has 0 saturated heterocycles. The Morgan fingerprint density at radius 3 is 2.80 bits per heavy atom. The van der Waals surface area contributed by atoms with Crippen molar-refractivity contribution in [3.8, 4) is 0 Å². The van der Waals surface area contributed by atoms with Crippen molar-refractivity contribution in [3.05, 3.63) is 35.8 Å². The van der Waals surface area contributed by atoms with Crippen LogP contribution in [0.5, 0.6) is 0 Å². The van der Waals surface area contributed by atoms with E-state index in [4.69, 9.17) is 5.73 Å². The summed E-state index contributed by atoms with van der Waals surface area (Å²) in [7, 11) is 0. The van der Waals surface area contributed by atoms with Crippen molar-refractivity contribution < 1.29 is 13.6 Å². The van der Waals surface area contributed by atoms with E-state index in [-0.39, 0.29) is 11.3 Å². The number of alkyl halides is 2. The molecule has 0 atom stereocenters. The van der Waals surface area contributed by atoms with Crippen LogP contribution in [0.2, 0.25) is 0 Å². The van der Waals surface area contributed by atoms with Crippen LogP contribution in [0.3, 0.4) is 0 Å². The van der Waals surface area contributed by atoms with E-state index < -0.39 is 18.0 Å². The second-order valence-electron chi connectivity index (χ2n) is 2.94. The smallest absolute Gasteiger partial charge is 0.282 e. The number of carbonyl (C=O) groups excluding carboxylic acids is 1. The van der Waals surface area contributed by atoms with Gasteiger partial charge in [-0.25, -0.2) is 13.8 Å². The lowest BCUT2D eigenvalue weighted by molar-refractivity contribution is 0.0978. The van der Waals surface area contributed by atoms with Crippen molar-refractivity contribution in [1.82, 2.24) is 9.38 Å². The first-order valence-corrected chi connectivity index (χ1v) is 4.16. The van der Waals surface area contributed by atoms with E-state index in [1.165, 1.54) is 16.7 Å². The van der Waals surface area contributed by atoms with Crippen LogP contribution in [0.15, 0.2) is 24.4 Å². The van der Waals surface area contributed by atoms with Gasteiger partial charge in [-0.15, -0.1) is 0 Å². The quantitative estimate of drug-likeness (QED) is 0.815. The Labute approximate surface area is 83.3 Å². The van der Waals surface area contributed by atoms with Gasteiger partial charge >= 0.3 is 0 Å². The van der Waals surface area contributed by atoms with Gasteiger partial charge in [0.1, 0.15) is 17.0 Å². The zero-order valence-electron chi connectivity index (χ0n) is 7.52. The van der Waals surface area contributed by atoms with E-state index in [0.717, 1.165) is 0 Å². The fourth-order valence-corrected chi connectivity index (χ4v) is 1.41. The molecule has 1 amide bonds. The third kappa shape index (κ3) is 1.43. The highest BCUT2D eigenvalue weighted by Gasteiger charge is 2.23. The van der Waals surface area contributed by atoms with Crippen LogP contribution in [-0.2, 0) is 0 Å². The minimum atomic E-state index is -2.81. The van der Waals surface area contributed by atoms with Crippen molar-refractivity contribution in [3.63, 3.8) is 0 Å². The molecule has 2 N–H and O–H groups in total. The maximum Gasteiger partial charge on any atom is 0.282 e. The molecule has 0 spiro atoms. The first-order valence-electron chi connectivity index (χ1n) is 4.16. The summed E-state index contributed by atoms with van der Waals surface area (Å²) in [6.07, 6.45) is -1.35. The number of primary amides is 1. The SMILES string of the molecule is NC(=O)c1c(C(F)F)nc2ccccn12. The summed E-state index contributed by atoms with van der Waals surface area (Å²) in [5.74, 6) is -0.913. The highest BCUT2D eigenvalue weighted by molar-refractivity contribution is 5.93. The highest BCUT2D eigenvalue weighted by atomic mass is 19.3. The molecule has 0 aliphatic carbocycles. The molecule has 4 nitrogen and oxygen atoms in total. The minimum Gasteiger partial charge on any atom is -0.364 e. The summed E-state index contributed by atoms with van der Waals surface area (Å²) in [4.78, 5) is 14.7. The molecule has 15 heavy (non-hydrogen) atoms. The Bertz CT molecular complexity index is 521. The largest absolute Gasteiger partial charge is 0.364 e. The predicted molar refractivity (Wildman–Crippen MR) is 48.7 cm³/mol. The number of hydrogen-bond acceptors (Lipinski definition) is 2. The van der Waals surface area contributed by atoms with Crippen molar-refractivity contribution in [2.45, 2.75) is 6.43 Å². The van der Waals surface area contributed by atoms with Gasteiger partial charge in [0.15, 0.2) is 0 Å². The molecule has 6 heteroatoms. The Kier molecular flexibility index (Phi) is 2.11. The van der Waals surface area contributed by atoms with E-state index in [2.05, 4.69) is 4.98 Å². The van der Waals surface area contributed by atoms with Crippen LogP contribution in [-0.4, -0.2) is 15.3 Å². The van der Waals surface area contributed by atoms with Gasteiger partial charge in [-0.2, -0.15) is 0 Å². The molecule has 0 bridgehead atoms. The fraction of sp³-hybridized carbons (Fsp3) is 0.111. The van der Waals surface area contributed by atoms with Crippen molar-refractivity contribution >= 4 is 11.6 Å². The lowest BCUT2D eigenvalue weighted by atomic mass is 10.3. The Morgan fingerprint density at radius 1 is 1.47 bits per heavy atom. The maximum atomic E-state index is 12.5. The first-order chi connectivity index (χ1) is 7.11. The molecule has 0 aliphatic heterocycles. The van der Waals surface area contributed by atoms with E-state index in [1.807, 2.05) is 0 Å². The van der Waals surface area contributed by atoms with Crippen molar-refractivity contribution in [1.29, 1.82) is 0 Å². The average molecular weight is 211 g/mol. The van der Waals surface area contributed by atoms with E-state index in [0.29, 0.717) is 0 Å². The molecular weight excluding hydrogens is 204 g/mol. The zero-order valence-corrected chi connectivity index (χ0v) is 7.52. The Morgan fingerprint density at radius 2 is 2.20 bits per heavy atom. The van der Waals surface area contributed by atoms with Crippen LogP contribution < -0.4 is 5.73 Å². The Hall–Kier alpha value is -1.98. The molecule has 2 aromatic rings. The van der Waals surface area contributed by atoms with Gasteiger partial charge in [-0.05, 0) is 12.1 Å². The Balaban J connectivity index is 2.80. The third-order valence-electron chi connectivity index (χ3n) is 2.00. The van der Waals surface area contributed by atoms with Gasteiger partial charge < -0.3 is 5.73 Å². The lowest BCUT2D eigenvalue weighted by Crippen LogP contribution is -2.16. The van der Waals surface area contributed by atoms with Gasteiger partial charge in [0.25, 0.3) is 12.3 Å². The summed E-state index contributed by atoms with van der Waals surface area (Å²) in [6.45, 7) is 0. The van der Waals surface area contributed by atoms with E-state index in [9.17, 15) is 13.6 Å². The number of pyridine rings is 1. The minimum absolute atomic E-state index is 0.263. The first kappa shape index (κ1) is 9.57. The molecule has 0 aromatic carbocycles. The van der Waals surface area contributed by atoms with Gasteiger partial charge in [-0.1, -0.05) is 6.07 Å². The van der Waals surface area contributed by atoms with Crippen LogP contribution in [0.1, 0.15) is 22.6 Å². The molecule has 0 aliphatic rings. The molecule has 2 heterocycles. The normalized spacial score (nSPS) is 11.1. The van der Waals surface area contributed by atoms with Gasteiger partial charge in [0.05, 0.1) is 0 Å². The summed E-state index contributed by atoms with van der Waals surface area (Å²) in [5.41, 5.74) is 4.47. The fourth-order valence-electron chi connectivity index (χ4n) is 1.41. The average Bonchev–Trinajstić information content (AvgIpc) is 2.56. The number of fused-ring (bicyclic) bond motifs is 1. The summed E-state index contributed by atoms with van der Waals surface area (Å²) >= 11 is 0. The number of aromatic nitrogens is 2. The van der Waals surface area contributed by atoms with E-state index >= 15 is 0 Å². The number of halogens is 2. The monoisotopic (exact) mass is 211 g/mol. The molecule has 2 rings (SSSR count). The van der Waals surface area contributed by atoms with Crippen LogP contribution in [0.4, 0.5) is 8.78 Å². The zero-order chi connectivity index (χ0) is 11.0. The van der Waals surface area contributed by atoms with E-state index in [1.54, 1.807) is 12.1 Å². The number of amides is 1. The van der Waals surface area contributed by atoms with Crippen molar-refractivity contribution in [2.24, 2.45) is 5.73 Å². The molecule has 0 unspecified atom stereocenters. The topological polar surface area (TPSA) is 60.4 Å². The molecule has 78 valence electrons. The van der Waals surface area contributed by atoms with Gasteiger partial charge in [0.2, 0.25) is 0 Å². The second kappa shape index (κ2) is 3.30.